The number of aromatic nitrogens is 3. The summed E-state index contributed by atoms with van der Waals surface area (Å²) in [6.07, 6.45) is 2.75. The fourth-order valence-electron chi connectivity index (χ4n) is 2.76. The first-order valence-corrected chi connectivity index (χ1v) is 6.66. The zero-order valence-electron chi connectivity index (χ0n) is 11.3. The summed E-state index contributed by atoms with van der Waals surface area (Å²) in [4.78, 5) is 1.82. The molecule has 0 saturated carbocycles. The number of hydrogen-bond donors (Lipinski definition) is 2. The van der Waals surface area contributed by atoms with Crippen molar-refractivity contribution in [3.05, 3.63) is 41.5 Å². The lowest BCUT2D eigenvalue weighted by Gasteiger charge is -2.39. The second-order valence-electron chi connectivity index (χ2n) is 5.16. The van der Waals surface area contributed by atoms with Crippen LogP contribution in [0, 0.1) is 17.1 Å². The van der Waals surface area contributed by atoms with Crippen molar-refractivity contribution in [2.75, 3.05) is 18.0 Å². The molecule has 1 fully saturated rings. The first kappa shape index (κ1) is 13.5. The summed E-state index contributed by atoms with van der Waals surface area (Å²) in [6, 6.07) is 6.41. The average molecular weight is 287 g/mol. The number of halogens is 1. The SMILES string of the molecule is N#Cc1c(F)cccc1N1CCCC(O)(c2cn[nH]n2)C1. The molecule has 6 nitrogen and oxygen atoms in total. The van der Waals surface area contributed by atoms with Crippen molar-refractivity contribution < 1.29 is 9.50 Å². The van der Waals surface area contributed by atoms with E-state index in [9.17, 15) is 9.50 Å². The molecule has 1 aromatic carbocycles. The van der Waals surface area contributed by atoms with Gasteiger partial charge in [-0.1, -0.05) is 6.07 Å². The summed E-state index contributed by atoms with van der Waals surface area (Å²) in [5, 5.41) is 30.0. The van der Waals surface area contributed by atoms with Crippen LogP contribution in [0.4, 0.5) is 10.1 Å². The summed E-state index contributed by atoms with van der Waals surface area (Å²) >= 11 is 0. The molecule has 0 aliphatic carbocycles. The van der Waals surface area contributed by atoms with Crippen molar-refractivity contribution in [1.82, 2.24) is 15.4 Å². The fourth-order valence-corrected chi connectivity index (χ4v) is 2.76. The monoisotopic (exact) mass is 287 g/mol. The van der Waals surface area contributed by atoms with Crippen LogP contribution in [0.3, 0.4) is 0 Å². The minimum Gasteiger partial charge on any atom is -0.382 e. The first-order valence-electron chi connectivity index (χ1n) is 6.66. The van der Waals surface area contributed by atoms with Crippen LogP contribution in [0.1, 0.15) is 24.1 Å². The molecular weight excluding hydrogens is 273 g/mol. The zero-order chi connectivity index (χ0) is 14.9. The van der Waals surface area contributed by atoms with Gasteiger partial charge >= 0.3 is 0 Å². The summed E-state index contributed by atoms with van der Waals surface area (Å²) < 4.78 is 13.7. The number of benzene rings is 1. The molecular formula is C14H14FN5O. The minimum atomic E-state index is -1.15. The highest BCUT2D eigenvalue weighted by atomic mass is 19.1. The molecule has 0 amide bonds. The number of hydrogen-bond acceptors (Lipinski definition) is 5. The topological polar surface area (TPSA) is 88.8 Å². The van der Waals surface area contributed by atoms with Crippen LogP contribution in [-0.2, 0) is 5.60 Å². The molecule has 1 saturated heterocycles. The zero-order valence-corrected chi connectivity index (χ0v) is 11.3. The molecule has 0 radical (unpaired) electrons. The van der Waals surface area contributed by atoms with Gasteiger partial charge in [0.15, 0.2) is 0 Å². The van der Waals surface area contributed by atoms with E-state index in [1.165, 1.54) is 12.3 Å². The van der Waals surface area contributed by atoms with Gasteiger partial charge < -0.3 is 10.0 Å². The quantitative estimate of drug-likeness (QED) is 0.869. The maximum atomic E-state index is 13.7. The maximum absolute atomic E-state index is 13.7. The Hall–Kier alpha value is -2.46. The summed E-state index contributed by atoms with van der Waals surface area (Å²) in [5.41, 5.74) is -0.187. The number of rotatable bonds is 2. The fraction of sp³-hybridized carbons (Fsp3) is 0.357. The minimum absolute atomic E-state index is 0.00176. The molecule has 1 aliphatic rings. The Morgan fingerprint density at radius 2 is 2.33 bits per heavy atom. The molecule has 1 aromatic heterocycles. The van der Waals surface area contributed by atoms with Crippen molar-refractivity contribution in [3.63, 3.8) is 0 Å². The maximum Gasteiger partial charge on any atom is 0.143 e. The van der Waals surface area contributed by atoms with E-state index in [1.54, 1.807) is 12.1 Å². The van der Waals surface area contributed by atoms with Crippen LogP contribution in [0.25, 0.3) is 0 Å². The summed E-state index contributed by atoms with van der Waals surface area (Å²) in [6.45, 7) is 0.899. The molecule has 0 spiro atoms. The van der Waals surface area contributed by atoms with E-state index in [0.717, 1.165) is 0 Å². The second kappa shape index (κ2) is 5.14. The Morgan fingerprint density at radius 1 is 1.48 bits per heavy atom. The Bertz CT molecular complexity index is 681. The summed E-state index contributed by atoms with van der Waals surface area (Å²) in [5.74, 6) is -0.550. The molecule has 2 N–H and O–H groups in total. The highest BCUT2D eigenvalue weighted by molar-refractivity contribution is 5.60. The Kier molecular flexibility index (Phi) is 3.31. The van der Waals surface area contributed by atoms with Crippen LogP contribution in [0.15, 0.2) is 24.4 Å². The van der Waals surface area contributed by atoms with E-state index in [2.05, 4.69) is 15.4 Å². The van der Waals surface area contributed by atoms with Crippen LogP contribution in [-0.4, -0.2) is 33.6 Å². The van der Waals surface area contributed by atoms with Crippen molar-refractivity contribution in [1.29, 1.82) is 5.26 Å². The van der Waals surface area contributed by atoms with Crippen molar-refractivity contribution in [2.45, 2.75) is 18.4 Å². The van der Waals surface area contributed by atoms with E-state index in [1.807, 2.05) is 11.0 Å². The number of nitrogens with zero attached hydrogens (tertiary/aromatic N) is 4. The molecule has 1 atom stereocenters. The standard InChI is InChI=1S/C14H14FN5O/c15-11-3-1-4-12(10(11)7-16)20-6-2-5-14(21,9-20)13-8-17-19-18-13/h1,3-4,8,21H,2,5-6,9H2,(H,17,18,19). The third-order valence-electron chi connectivity index (χ3n) is 3.81. The van der Waals surface area contributed by atoms with E-state index >= 15 is 0 Å². The normalized spacial score (nSPS) is 22.0. The lowest BCUT2D eigenvalue weighted by atomic mass is 9.89. The second-order valence-corrected chi connectivity index (χ2v) is 5.16. The van der Waals surface area contributed by atoms with Gasteiger partial charge in [-0.2, -0.15) is 20.7 Å². The van der Waals surface area contributed by atoms with Crippen molar-refractivity contribution in [2.24, 2.45) is 0 Å². The summed E-state index contributed by atoms with van der Waals surface area (Å²) in [7, 11) is 0. The van der Waals surface area contributed by atoms with Gasteiger partial charge in [0.1, 0.15) is 28.7 Å². The first-order chi connectivity index (χ1) is 10.1. The number of piperidine rings is 1. The number of nitrogens with one attached hydrogen (secondary N) is 1. The molecule has 1 aliphatic heterocycles. The highest BCUT2D eigenvalue weighted by Gasteiger charge is 2.38. The molecule has 2 aromatic rings. The van der Waals surface area contributed by atoms with Gasteiger partial charge in [-0.3, -0.25) is 0 Å². The van der Waals surface area contributed by atoms with Gasteiger partial charge in [0.2, 0.25) is 0 Å². The molecule has 108 valence electrons. The molecule has 0 bridgehead atoms. The van der Waals surface area contributed by atoms with E-state index in [4.69, 9.17) is 5.26 Å². The van der Waals surface area contributed by atoms with Gasteiger partial charge in [-0.15, -0.1) is 0 Å². The number of aliphatic hydroxyl groups is 1. The molecule has 3 rings (SSSR count). The van der Waals surface area contributed by atoms with E-state index < -0.39 is 11.4 Å². The smallest absolute Gasteiger partial charge is 0.143 e. The molecule has 2 heterocycles. The number of anilines is 1. The number of aromatic amines is 1. The van der Waals surface area contributed by atoms with Crippen LogP contribution in [0.2, 0.25) is 0 Å². The Labute approximate surface area is 120 Å². The van der Waals surface area contributed by atoms with Gasteiger partial charge in [0.05, 0.1) is 18.4 Å². The Morgan fingerprint density at radius 3 is 3.05 bits per heavy atom. The van der Waals surface area contributed by atoms with Gasteiger partial charge in [0.25, 0.3) is 0 Å². The predicted octanol–water partition coefficient (Wildman–Crippen LogP) is 1.30. The lowest BCUT2D eigenvalue weighted by Crippen LogP contribution is -2.46. The number of β-amino-alcohol motifs (C(OH)–C–C–N with tert-alkyl or cyclic N) is 1. The highest BCUT2D eigenvalue weighted by Crippen LogP contribution is 2.34. The number of nitriles is 1. The van der Waals surface area contributed by atoms with Crippen molar-refractivity contribution >= 4 is 5.69 Å². The van der Waals surface area contributed by atoms with E-state index in [0.29, 0.717) is 30.8 Å². The lowest BCUT2D eigenvalue weighted by molar-refractivity contribution is 0.0176. The Balaban J connectivity index is 1.94. The van der Waals surface area contributed by atoms with Crippen molar-refractivity contribution in [3.8, 4) is 6.07 Å². The van der Waals surface area contributed by atoms with Gasteiger partial charge in [-0.25, -0.2) is 4.39 Å². The molecule has 1 unspecified atom stereocenters. The van der Waals surface area contributed by atoms with Gasteiger partial charge in [-0.05, 0) is 25.0 Å². The van der Waals surface area contributed by atoms with E-state index in [-0.39, 0.29) is 12.1 Å². The van der Waals surface area contributed by atoms with Crippen LogP contribution >= 0.6 is 0 Å². The van der Waals surface area contributed by atoms with Gasteiger partial charge in [0, 0.05) is 6.54 Å². The van der Waals surface area contributed by atoms with Crippen LogP contribution in [0.5, 0.6) is 0 Å². The number of H-pyrrole nitrogens is 1. The molecule has 21 heavy (non-hydrogen) atoms. The van der Waals surface area contributed by atoms with Crippen LogP contribution < -0.4 is 4.90 Å². The average Bonchev–Trinajstić information content (AvgIpc) is 3.02. The largest absolute Gasteiger partial charge is 0.382 e. The predicted molar refractivity (Wildman–Crippen MR) is 72.8 cm³/mol. The molecule has 7 heteroatoms. The third kappa shape index (κ3) is 2.34. The third-order valence-corrected chi connectivity index (χ3v) is 3.81.